The second-order valence-corrected chi connectivity index (χ2v) is 5.58. The molecule has 0 bridgehead atoms. The minimum Gasteiger partial charge on any atom is -0.314 e. The molecule has 0 aromatic heterocycles. The van der Waals surface area contributed by atoms with E-state index in [-0.39, 0.29) is 6.04 Å². The first-order chi connectivity index (χ1) is 10.2. The summed E-state index contributed by atoms with van der Waals surface area (Å²) >= 11 is 0. The highest BCUT2D eigenvalue weighted by molar-refractivity contribution is 5.21. The Labute approximate surface area is 125 Å². The van der Waals surface area contributed by atoms with E-state index in [4.69, 9.17) is 0 Å². The first-order valence-electron chi connectivity index (χ1n) is 7.72. The largest absolute Gasteiger partial charge is 0.314 e. The molecule has 1 N–H and O–H groups in total. The van der Waals surface area contributed by atoms with Crippen LogP contribution in [0.1, 0.15) is 37.3 Å². The summed E-state index contributed by atoms with van der Waals surface area (Å²) in [5.74, 6) is -0.979. The van der Waals surface area contributed by atoms with Crippen molar-refractivity contribution in [1.82, 2.24) is 10.2 Å². The number of nitrogens with one attached hydrogen (secondary N) is 1. The number of nitrogens with zero attached hydrogens (tertiary/aromatic N) is 1. The molecule has 1 heterocycles. The Kier molecular flexibility index (Phi) is 6.33. The lowest BCUT2D eigenvalue weighted by atomic mass is 9.97. The van der Waals surface area contributed by atoms with Gasteiger partial charge in [-0.2, -0.15) is 0 Å². The summed E-state index contributed by atoms with van der Waals surface area (Å²) in [4.78, 5) is 2.33. The molecule has 116 valence electrons. The molecule has 0 amide bonds. The number of allylic oxidation sites excluding steroid dienone is 1. The van der Waals surface area contributed by atoms with Crippen molar-refractivity contribution >= 4 is 0 Å². The summed E-state index contributed by atoms with van der Waals surface area (Å²) in [5.41, 5.74) is 0.757. The van der Waals surface area contributed by atoms with Crippen molar-refractivity contribution in [3.63, 3.8) is 0 Å². The van der Waals surface area contributed by atoms with E-state index in [0.717, 1.165) is 63.5 Å². The van der Waals surface area contributed by atoms with Crippen LogP contribution in [0.15, 0.2) is 30.9 Å². The molecule has 2 nitrogen and oxygen atoms in total. The third-order valence-corrected chi connectivity index (χ3v) is 4.00. The molecule has 1 saturated heterocycles. The molecule has 4 heteroatoms. The maximum Gasteiger partial charge on any atom is 0.126 e. The van der Waals surface area contributed by atoms with Gasteiger partial charge in [0.25, 0.3) is 0 Å². The van der Waals surface area contributed by atoms with E-state index in [0.29, 0.717) is 0 Å². The number of hydrogen-bond donors (Lipinski definition) is 1. The first-order valence-corrected chi connectivity index (χ1v) is 7.72. The summed E-state index contributed by atoms with van der Waals surface area (Å²) in [7, 11) is 0. The number of benzene rings is 1. The number of unbranched alkanes of at least 4 members (excludes halogenated alkanes) is 2. The fraction of sp³-hybridized carbons (Fsp3) is 0.529. The van der Waals surface area contributed by atoms with Crippen molar-refractivity contribution < 1.29 is 8.78 Å². The highest BCUT2D eigenvalue weighted by Crippen LogP contribution is 2.28. The third-order valence-electron chi connectivity index (χ3n) is 4.00. The Hall–Kier alpha value is -1.26. The summed E-state index contributed by atoms with van der Waals surface area (Å²) in [5, 5.41) is 3.32. The highest BCUT2D eigenvalue weighted by Gasteiger charge is 2.22. The zero-order valence-corrected chi connectivity index (χ0v) is 12.5. The lowest BCUT2D eigenvalue weighted by molar-refractivity contribution is 0.162. The van der Waals surface area contributed by atoms with Crippen LogP contribution in [-0.4, -0.2) is 31.1 Å². The van der Waals surface area contributed by atoms with Gasteiger partial charge >= 0.3 is 0 Å². The van der Waals surface area contributed by atoms with Gasteiger partial charge in [0.1, 0.15) is 11.6 Å². The summed E-state index contributed by atoms with van der Waals surface area (Å²) in [6.07, 6.45) is 5.95. The van der Waals surface area contributed by atoms with Gasteiger partial charge in [0, 0.05) is 38.3 Å². The van der Waals surface area contributed by atoms with Crippen LogP contribution >= 0.6 is 0 Å². The Balaban J connectivity index is 2.10. The van der Waals surface area contributed by atoms with E-state index in [9.17, 15) is 8.78 Å². The predicted molar refractivity (Wildman–Crippen MR) is 82.2 cm³/mol. The van der Waals surface area contributed by atoms with Crippen molar-refractivity contribution in [2.24, 2.45) is 0 Å². The lowest BCUT2D eigenvalue weighted by Crippen LogP contribution is -2.45. The molecule has 1 aliphatic rings. The Morgan fingerprint density at radius 1 is 1.14 bits per heavy atom. The van der Waals surface area contributed by atoms with E-state index in [1.165, 1.54) is 12.1 Å². The van der Waals surface area contributed by atoms with Gasteiger partial charge in [0.05, 0.1) is 0 Å². The molecule has 2 rings (SSSR count). The van der Waals surface area contributed by atoms with E-state index in [1.807, 2.05) is 6.08 Å². The second-order valence-electron chi connectivity index (χ2n) is 5.58. The maximum atomic E-state index is 13.5. The Morgan fingerprint density at radius 3 is 2.43 bits per heavy atom. The SMILES string of the molecule is C=CCCCC[C@@H](c1cc(F)cc(F)c1)N1CCNCC1. The smallest absolute Gasteiger partial charge is 0.126 e. The third kappa shape index (κ3) is 4.90. The van der Waals surface area contributed by atoms with E-state index >= 15 is 0 Å². The maximum absolute atomic E-state index is 13.5. The molecule has 0 saturated carbocycles. The first kappa shape index (κ1) is 16.1. The molecule has 0 radical (unpaired) electrons. The van der Waals surface area contributed by atoms with Crippen LogP contribution in [0.5, 0.6) is 0 Å². The Bertz CT molecular complexity index is 436. The van der Waals surface area contributed by atoms with Gasteiger partial charge in [0.15, 0.2) is 0 Å². The van der Waals surface area contributed by atoms with Gasteiger partial charge < -0.3 is 5.32 Å². The fourth-order valence-corrected chi connectivity index (χ4v) is 2.95. The Morgan fingerprint density at radius 2 is 1.81 bits per heavy atom. The monoisotopic (exact) mass is 294 g/mol. The average molecular weight is 294 g/mol. The summed E-state index contributed by atoms with van der Waals surface area (Å²) < 4.78 is 27.0. The molecule has 0 unspecified atom stereocenters. The molecule has 0 spiro atoms. The molecule has 1 fully saturated rings. The van der Waals surface area contributed by atoms with Crippen LogP contribution in [0, 0.1) is 11.6 Å². The van der Waals surface area contributed by atoms with Gasteiger partial charge in [-0.1, -0.05) is 12.5 Å². The molecule has 1 atom stereocenters. The number of halogens is 2. The minimum absolute atomic E-state index is 0.0992. The van der Waals surface area contributed by atoms with Gasteiger partial charge in [-0.3, -0.25) is 4.90 Å². The molecule has 0 aliphatic carbocycles. The zero-order chi connectivity index (χ0) is 15.1. The molecular formula is C17H24F2N2. The van der Waals surface area contributed by atoms with Crippen LogP contribution in [0.2, 0.25) is 0 Å². The lowest BCUT2D eigenvalue weighted by Gasteiger charge is -2.35. The van der Waals surface area contributed by atoms with Crippen molar-refractivity contribution in [2.75, 3.05) is 26.2 Å². The van der Waals surface area contributed by atoms with Crippen molar-refractivity contribution in [2.45, 2.75) is 31.7 Å². The van der Waals surface area contributed by atoms with Gasteiger partial charge in [-0.25, -0.2) is 8.78 Å². The fourth-order valence-electron chi connectivity index (χ4n) is 2.95. The molecule has 1 aliphatic heterocycles. The second kappa shape index (κ2) is 8.25. The quantitative estimate of drug-likeness (QED) is 0.610. The highest BCUT2D eigenvalue weighted by atomic mass is 19.1. The van der Waals surface area contributed by atoms with E-state index in [2.05, 4.69) is 16.8 Å². The van der Waals surface area contributed by atoms with Crippen LogP contribution < -0.4 is 5.32 Å². The molecular weight excluding hydrogens is 270 g/mol. The summed E-state index contributed by atoms with van der Waals surface area (Å²) in [6.45, 7) is 7.44. The molecule has 1 aromatic carbocycles. The normalized spacial score (nSPS) is 17.6. The van der Waals surface area contributed by atoms with Crippen LogP contribution in [0.4, 0.5) is 8.78 Å². The van der Waals surface area contributed by atoms with Crippen molar-refractivity contribution in [3.05, 3.63) is 48.1 Å². The van der Waals surface area contributed by atoms with Gasteiger partial charge in [-0.15, -0.1) is 6.58 Å². The molecule has 21 heavy (non-hydrogen) atoms. The number of piperazine rings is 1. The standard InChI is InChI=1S/C17H24F2N2/c1-2-3-4-5-6-17(21-9-7-20-8-10-21)14-11-15(18)13-16(19)12-14/h2,11-13,17,20H,1,3-10H2/t17-/m0/s1. The molecule has 1 aromatic rings. The number of rotatable bonds is 7. The number of hydrogen-bond acceptors (Lipinski definition) is 2. The van der Waals surface area contributed by atoms with Crippen LogP contribution in [0.25, 0.3) is 0 Å². The van der Waals surface area contributed by atoms with Gasteiger partial charge in [0.2, 0.25) is 0 Å². The predicted octanol–water partition coefficient (Wildman–Crippen LogP) is 3.66. The van der Waals surface area contributed by atoms with E-state index < -0.39 is 11.6 Å². The van der Waals surface area contributed by atoms with Crippen LogP contribution in [0.3, 0.4) is 0 Å². The van der Waals surface area contributed by atoms with Crippen molar-refractivity contribution in [1.29, 1.82) is 0 Å². The average Bonchev–Trinajstić information content (AvgIpc) is 2.47. The zero-order valence-electron chi connectivity index (χ0n) is 12.5. The van der Waals surface area contributed by atoms with Gasteiger partial charge in [-0.05, 0) is 37.0 Å². The van der Waals surface area contributed by atoms with E-state index in [1.54, 1.807) is 0 Å². The topological polar surface area (TPSA) is 15.3 Å². The minimum atomic E-state index is -0.490. The summed E-state index contributed by atoms with van der Waals surface area (Å²) in [6, 6.07) is 3.99. The van der Waals surface area contributed by atoms with Crippen molar-refractivity contribution in [3.8, 4) is 0 Å². The van der Waals surface area contributed by atoms with Crippen LogP contribution in [-0.2, 0) is 0 Å².